The van der Waals surface area contributed by atoms with Gasteiger partial charge < -0.3 is 19.0 Å². The highest BCUT2D eigenvalue weighted by atomic mass is 35.5. The van der Waals surface area contributed by atoms with Crippen LogP contribution in [0.4, 0.5) is 4.79 Å². The number of carbonyl (C=O) groups is 1. The van der Waals surface area contributed by atoms with Crippen molar-refractivity contribution in [2.75, 3.05) is 6.61 Å². The fourth-order valence-corrected chi connectivity index (χ4v) is 4.26. The molecule has 1 atom stereocenters. The molecule has 0 saturated carbocycles. The van der Waals surface area contributed by atoms with Crippen molar-refractivity contribution in [3.8, 4) is 5.75 Å². The van der Waals surface area contributed by atoms with Crippen molar-refractivity contribution in [2.24, 2.45) is 0 Å². The molecule has 0 aliphatic carbocycles. The number of nitrogens with zero attached hydrogens (tertiary/aromatic N) is 1. The number of para-hydroxylation sites is 1. The van der Waals surface area contributed by atoms with Gasteiger partial charge in [-0.05, 0) is 42.3 Å². The lowest BCUT2D eigenvalue weighted by molar-refractivity contribution is 0.104. The molecular weight excluding hydrogens is 388 g/mol. The van der Waals surface area contributed by atoms with Crippen LogP contribution < -0.4 is 4.74 Å². The van der Waals surface area contributed by atoms with Gasteiger partial charge in [-0.3, -0.25) is 0 Å². The minimum atomic E-state index is -0.686. The molecule has 2 aromatic heterocycles. The standard InChI is InChI=1S/C23H19ClN2O3/c1-2-28-23(27)29-20-11-12-26-19(20)13-17-16-5-3-4-6-18(16)25-21(17)22(26)14-7-9-15(24)10-8-14/h3-12,22,25H,2,13H2,1H3. The molecule has 1 aliphatic rings. The van der Waals surface area contributed by atoms with E-state index in [-0.39, 0.29) is 12.6 Å². The number of benzene rings is 2. The lowest BCUT2D eigenvalue weighted by Gasteiger charge is -2.28. The predicted molar refractivity (Wildman–Crippen MR) is 112 cm³/mol. The minimum absolute atomic E-state index is 0.0713. The van der Waals surface area contributed by atoms with Crippen LogP contribution >= 0.6 is 11.6 Å². The van der Waals surface area contributed by atoms with Crippen LogP contribution in [-0.2, 0) is 11.2 Å². The van der Waals surface area contributed by atoms with Gasteiger partial charge >= 0.3 is 6.16 Å². The number of aromatic nitrogens is 2. The molecule has 0 amide bonds. The first-order valence-corrected chi connectivity index (χ1v) is 9.92. The number of fused-ring (bicyclic) bond motifs is 4. The van der Waals surface area contributed by atoms with E-state index in [1.54, 1.807) is 6.92 Å². The van der Waals surface area contributed by atoms with E-state index in [9.17, 15) is 4.79 Å². The Morgan fingerprint density at radius 2 is 1.97 bits per heavy atom. The second-order valence-corrected chi connectivity index (χ2v) is 7.45. The highest BCUT2D eigenvalue weighted by Crippen LogP contribution is 2.42. The largest absolute Gasteiger partial charge is 0.513 e. The highest BCUT2D eigenvalue weighted by Gasteiger charge is 2.32. The molecular formula is C23H19ClN2O3. The van der Waals surface area contributed by atoms with Crippen molar-refractivity contribution in [2.45, 2.75) is 19.4 Å². The number of ether oxygens (including phenoxy) is 2. The quantitative estimate of drug-likeness (QED) is 0.391. The number of hydrogen-bond donors (Lipinski definition) is 1. The second kappa shape index (κ2) is 7.01. The van der Waals surface area contributed by atoms with Crippen molar-refractivity contribution in [1.82, 2.24) is 9.55 Å². The Labute approximate surface area is 172 Å². The first-order chi connectivity index (χ1) is 14.2. The Kier molecular flexibility index (Phi) is 4.32. The van der Waals surface area contributed by atoms with Crippen LogP contribution in [-0.4, -0.2) is 22.3 Å². The zero-order valence-electron chi connectivity index (χ0n) is 15.8. The van der Waals surface area contributed by atoms with E-state index in [0.29, 0.717) is 17.2 Å². The molecule has 2 aromatic carbocycles. The van der Waals surface area contributed by atoms with E-state index in [2.05, 4.69) is 21.7 Å². The molecule has 1 aliphatic heterocycles. The van der Waals surface area contributed by atoms with Gasteiger partial charge in [0.05, 0.1) is 18.3 Å². The first kappa shape index (κ1) is 17.9. The number of carbonyl (C=O) groups excluding carboxylic acids is 1. The molecule has 0 radical (unpaired) electrons. The van der Waals surface area contributed by atoms with E-state index >= 15 is 0 Å². The highest BCUT2D eigenvalue weighted by molar-refractivity contribution is 6.30. The van der Waals surface area contributed by atoms with Gasteiger partial charge in [0.1, 0.15) is 0 Å². The van der Waals surface area contributed by atoms with E-state index in [0.717, 1.165) is 22.5 Å². The average Bonchev–Trinajstić information content (AvgIpc) is 3.29. The van der Waals surface area contributed by atoms with Crippen molar-refractivity contribution in [1.29, 1.82) is 0 Å². The molecule has 1 unspecified atom stereocenters. The zero-order chi connectivity index (χ0) is 20.0. The normalized spacial score (nSPS) is 15.0. The van der Waals surface area contributed by atoms with E-state index in [1.807, 2.05) is 48.7 Å². The third-order valence-corrected chi connectivity index (χ3v) is 5.62. The number of H-pyrrole nitrogens is 1. The van der Waals surface area contributed by atoms with Crippen molar-refractivity contribution >= 4 is 28.7 Å². The van der Waals surface area contributed by atoms with Gasteiger partial charge in [-0.2, -0.15) is 0 Å². The molecule has 0 spiro atoms. The summed E-state index contributed by atoms with van der Waals surface area (Å²) < 4.78 is 12.6. The summed E-state index contributed by atoms with van der Waals surface area (Å²) >= 11 is 6.12. The smallest absolute Gasteiger partial charge is 0.434 e. The topological polar surface area (TPSA) is 56.2 Å². The zero-order valence-corrected chi connectivity index (χ0v) is 16.6. The second-order valence-electron chi connectivity index (χ2n) is 7.01. The summed E-state index contributed by atoms with van der Waals surface area (Å²) in [4.78, 5) is 15.5. The summed E-state index contributed by atoms with van der Waals surface area (Å²) in [6.07, 6.45) is 1.93. The van der Waals surface area contributed by atoms with Gasteiger partial charge in [0.25, 0.3) is 0 Å². The van der Waals surface area contributed by atoms with Gasteiger partial charge in [-0.15, -0.1) is 0 Å². The summed E-state index contributed by atoms with van der Waals surface area (Å²) in [5.41, 5.74) is 5.48. The number of aromatic amines is 1. The number of rotatable bonds is 3. The third kappa shape index (κ3) is 2.98. The molecule has 0 bridgehead atoms. The van der Waals surface area contributed by atoms with Gasteiger partial charge in [-0.25, -0.2) is 4.79 Å². The van der Waals surface area contributed by atoms with Crippen LogP contribution in [0.5, 0.6) is 5.75 Å². The van der Waals surface area contributed by atoms with E-state index in [1.165, 1.54) is 10.9 Å². The van der Waals surface area contributed by atoms with Gasteiger partial charge in [-0.1, -0.05) is 41.9 Å². The molecule has 4 aromatic rings. The lowest BCUT2D eigenvalue weighted by Crippen LogP contribution is -2.21. The fourth-order valence-electron chi connectivity index (χ4n) is 4.14. The van der Waals surface area contributed by atoms with E-state index < -0.39 is 6.16 Å². The lowest BCUT2D eigenvalue weighted by atomic mass is 9.93. The molecule has 146 valence electrons. The van der Waals surface area contributed by atoms with Crippen molar-refractivity contribution in [3.63, 3.8) is 0 Å². The summed E-state index contributed by atoms with van der Waals surface area (Å²) in [6.45, 7) is 2.03. The van der Waals surface area contributed by atoms with Crippen LogP contribution in [0, 0.1) is 0 Å². The number of halogens is 1. The van der Waals surface area contributed by atoms with Crippen molar-refractivity contribution in [3.05, 3.63) is 88.3 Å². The number of hydrogen-bond acceptors (Lipinski definition) is 3. The monoisotopic (exact) mass is 406 g/mol. The average molecular weight is 407 g/mol. The molecule has 0 saturated heterocycles. The molecule has 6 heteroatoms. The van der Waals surface area contributed by atoms with Crippen LogP contribution in [0.25, 0.3) is 10.9 Å². The van der Waals surface area contributed by atoms with Crippen LogP contribution in [0.15, 0.2) is 60.8 Å². The Morgan fingerprint density at radius 1 is 1.17 bits per heavy atom. The minimum Gasteiger partial charge on any atom is -0.434 e. The molecule has 5 rings (SSSR count). The maximum atomic E-state index is 11.9. The van der Waals surface area contributed by atoms with Crippen LogP contribution in [0.3, 0.4) is 0 Å². The van der Waals surface area contributed by atoms with Crippen LogP contribution in [0.2, 0.25) is 5.02 Å². The first-order valence-electron chi connectivity index (χ1n) is 9.55. The molecule has 29 heavy (non-hydrogen) atoms. The fraction of sp³-hybridized carbons (Fsp3) is 0.174. The molecule has 3 heterocycles. The molecule has 1 N–H and O–H groups in total. The Balaban J connectivity index is 1.68. The summed E-state index contributed by atoms with van der Waals surface area (Å²) in [7, 11) is 0. The maximum absolute atomic E-state index is 11.9. The predicted octanol–water partition coefficient (Wildman–Crippen LogP) is 5.70. The maximum Gasteiger partial charge on any atom is 0.513 e. The van der Waals surface area contributed by atoms with Crippen LogP contribution in [0.1, 0.15) is 35.5 Å². The third-order valence-electron chi connectivity index (χ3n) is 5.37. The summed E-state index contributed by atoms with van der Waals surface area (Å²) in [6, 6.07) is 17.9. The van der Waals surface area contributed by atoms with E-state index in [4.69, 9.17) is 21.1 Å². The number of nitrogens with one attached hydrogen (secondary N) is 1. The van der Waals surface area contributed by atoms with Gasteiger partial charge in [0, 0.05) is 34.2 Å². The Morgan fingerprint density at radius 3 is 2.76 bits per heavy atom. The Bertz CT molecular complexity index is 1210. The van der Waals surface area contributed by atoms with Crippen molar-refractivity contribution < 1.29 is 14.3 Å². The summed E-state index contributed by atoms with van der Waals surface area (Å²) in [5.74, 6) is 0.526. The van der Waals surface area contributed by atoms with Gasteiger partial charge in [0.15, 0.2) is 5.75 Å². The molecule has 5 nitrogen and oxygen atoms in total. The Hall–Kier alpha value is -3.18. The van der Waals surface area contributed by atoms with Gasteiger partial charge in [0.2, 0.25) is 0 Å². The summed E-state index contributed by atoms with van der Waals surface area (Å²) in [5, 5.41) is 1.87. The molecule has 0 fully saturated rings. The SMILES string of the molecule is CCOC(=O)Oc1ccn2c1Cc1c([nH]c3ccccc13)C2c1ccc(Cl)cc1.